The number of amides is 3. The molecule has 0 saturated heterocycles. The quantitative estimate of drug-likeness (QED) is 0.166. The molecule has 0 radical (unpaired) electrons. The molecule has 0 aliphatic heterocycles. The maximum Gasteiger partial charge on any atom is 0.281 e. The van der Waals surface area contributed by atoms with Gasteiger partial charge in [-0.25, -0.2) is 10.5 Å². The summed E-state index contributed by atoms with van der Waals surface area (Å²) in [6.07, 6.45) is 6.30. The van der Waals surface area contributed by atoms with E-state index >= 15 is 0 Å². The Labute approximate surface area is 219 Å². The van der Waals surface area contributed by atoms with Gasteiger partial charge in [-0.05, 0) is 47.2 Å². The third kappa shape index (κ3) is 6.37. The molecule has 0 atom stereocenters. The Morgan fingerprint density at radius 2 is 1.84 bits per heavy atom. The number of ether oxygens (including phenoxy) is 1. The van der Waals surface area contributed by atoms with Crippen LogP contribution in [0.2, 0.25) is 0 Å². The largest absolute Gasteiger partial charge is 0.467 e. The molecule has 1 aromatic heterocycles. The van der Waals surface area contributed by atoms with Gasteiger partial charge in [0.05, 0.1) is 5.69 Å². The minimum absolute atomic E-state index is 0.00535. The van der Waals surface area contributed by atoms with Gasteiger partial charge in [0.15, 0.2) is 12.3 Å². The van der Waals surface area contributed by atoms with Crippen molar-refractivity contribution in [1.29, 1.82) is 0 Å². The summed E-state index contributed by atoms with van der Waals surface area (Å²) in [7, 11) is 0. The van der Waals surface area contributed by atoms with Crippen LogP contribution in [-0.4, -0.2) is 41.1 Å². The molecule has 11 heteroatoms. The van der Waals surface area contributed by atoms with Crippen molar-refractivity contribution in [2.45, 2.75) is 25.8 Å². The number of fused-ring (bicyclic) bond motifs is 1. The Hall–Kier alpha value is -4.64. The summed E-state index contributed by atoms with van der Waals surface area (Å²) in [5.41, 5.74) is 8.44. The topological polar surface area (TPSA) is 168 Å². The van der Waals surface area contributed by atoms with Crippen molar-refractivity contribution in [3.8, 4) is 5.88 Å². The SMILES string of the molecule is N/C=C\NCc1ccc(C(=O)Nc2ccc(OCC(=O)NO)nc2C(=O)NCC2CCC2)c2ccccc12. The number of pyridine rings is 1. The fraction of sp³-hybridized carbons (Fsp3) is 0.259. The predicted octanol–water partition coefficient (Wildman–Crippen LogP) is 2.42. The van der Waals surface area contributed by atoms with Gasteiger partial charge in [-0.3, -0.25) is 19.6 Å². The van der Waals surface area contributed by atoms with Gasteiger partial charge in [0.2, 0.25) is 5.88 Å². The summed E-state index contributed by atoms with van der Waals surface area (Å²) >= 11 is 0. The molecule has 1 aliphatic rings. The lowest BCUT2D eigenvalue weighted by atomic mass is 9.85. The summed E-state index contributed by atoms with van der Waals surface area (Å²) in [5.74, 6) is -1.24. The normalized spacial score (nSPS) is 13.1. The number of nitrogens with one attached hydrogen (secondary N) is 4. The van der Waals surface area contributed by atoms with Gasteiger partial charge >= 0.3 is 0 Å². The first kappa shape index (κ1) is 26.4. The van der Waals surface area contributed by atoms with Crippen molar-refractivity contribution >= 4 is 34.2 Å². The van der Waals surface area contributed by atoms with E-state index in [9.17, 15) is 14.4 Å². The number of benzene rings is 2. The number of aromatic nitrogens is 1. The molecule has 7 N–H and O–H groups in total. The summed E-state index contributed by atoms with van der Waals surface area (Å²) in [5, 5.41) is 19.1. The van der Waals surface area contributed by atoms with Crippen LogP contribution in [0.25, 0.3) is 10.8 Å². The highest BCUT2D eigenvalue weighted by molar-refractivity contribution is 6.15. The first-order valence-corrected chi connectivity index (χ1v) is 12.3. The van der Waals surface area contributed by atoms with E-state index in [2.05, 4.69) is 20.9 Å². The molecule has 38 heavy (non-hydrogen) atoms. The molecule has 0 spiro atoms. The highest BCUT2D eigenvalue weighted by Crippen LogP contribution is 2.27. The average Bonchev–Trinajstić information content (AvgIpc) is 2.91. The number of rotatable bonds is 11. The molecule has 1 saturated carbocycles. The van der Waals surface area contributed by atoms with Crippen LogP contribution < -0.4 is 31.9 Å². The fourth-order valence-corrected chi connectivity index (χ4v) is 4.13. The van der Waals surface area contributed by atoms with Crippen molar-refractivity contribution in [1.82, 2.24) is 21.1 Å². The first-order chi connectivity index (χ1) is 18.5. The van der Waals surface area contributed by atoms with Gasteiger partial charge in [-0.1, -0.05) is 36.8 Å². The number of carbonyl (C=O) groups is 3. The van der Waals surface area contributed by atoms with Gasteiger partial charge in [0.25, 0.3) is 17.7 Å². The molecule has 198 valence electrons. The van der Waals surface area contributed by atoms with E-state index < -0.39 is 24.3 Å². The lowest BCUT2D eigenvalue weighted by Gasteiger charge is -2.25. The molecule has 0 unspecified atom stereocenters. The molecule has 3 amide bonds. The smallest absolute Gasteiger partial charge is 0.281 e. The molecule has 1 aliphatic carbocycles. The molecular weight excluding hydrogens is 488 g/mol. The Bertz CT molecular complexity index is 1360. The van der Waals surface area contributed by atoms with E-state index in [1.165, 1.54) is 23.8 Å². The van der Waals surface area contributed by atoms with Crippen LogP contribution in [0.5, 0.6) is 5.88 Å². The maximum atomic E-state index is 13.4. The Morgan fingerprint density at radius 3 is 2.55 bits per heavy atom. The number of nitrogens with zero attached hydrogens (tertiary/aromatic N) is 1. The van der Waals surface area contributed by atoms with E-state index in [-0.39, 0.29) is 17.3 Å². The molecule has 4 rings (SSSR count). The van der Waals surface area contributed by atoms with Crippen LogP contribution in [0.1, 0.15) is 45.7 Å². The fourth-order valence-electron chi connectivity index (χ4n) is 4.13. The highest BCUT2D eigenvalue weighted by atomic mass is 16.5. The van der Waals surface area contributed by atoms with Crippen LogP contribution in [0.4, 0.5) is 5.69 Å². The van der Waals surface area contributed by atoms with Gasteiger partial charge < -0.3 is 26.4 Å². The summed E-state index contributed by atoms with van der Waals surface area (Å²) in [6.45, 7) is 0.541. The molecule has 3 aromatic rings. The lowest BCUT2D eigenvalue weighted by Crippen LogP contribution is -2.33. The van der Waals surface area contributed by atoms with E-state index in [1.807, 2.05) is 30.3 Å². The number of nitrogens with two attached hydrogens (primary N) is 1. The van der Waals surface area contributed by atoms with Crippen LogP contribution in [0.3, 0.4) is 0 Å². The zero-order valence-electron chi connectivity index (χ0n) is 20.7. The number of carbonyl (C=O) groups excluding carboxylic acids is 3. The molecule has 11 nitrogen and oxygen atoms in total. The van der Waals surface area contributed by atoms with Crippen molar-refractivity contribution in [3.63, 3.8) is 0 Å². The lowest BCUT2D eigenvalue weighted by molar-refractivity contribution is -0.131. The molecule has 1 fully saturated rings. The number of hydroxylamine groups is 1. The average molecular weight is 519 g/mol. The zero-order chi connectivity index (χ0) is 26.9. The second-order valence-corrected chi connectivity index (χ2v) is 8.89. The standard InChI is InChI=1S/C27H30N6O5/c28-12-13-29-15-18-8-9-21(20-7-2-1-6-19(18)20)26(35)31-22-10-11-24(38-16-23(34)33-37)32-25(22)27(36)30-14-17-4-3-5-17/h1-2,6-13,17,29,37H,3-5,14-16,28H2,(H,30,36)(H,31,35)(H,33,34)/b13-12-. The molecule has 1 heterocycles. The molecular formula is C27H30N6O5. The van der Waals surface area contributed by atoms with Crippen molar-refractivity contribution in [2.24, 2.45) is 11.7 Å². The minimum atomic E-state index is -0.773. The van der Waals surface area contributed by atoms with Gasteiger partial charge in [-0.15, -0.1) is 0 Å². The monoisotopic (exact) mass is 518 g/mol. The highest BCUT2D eigenvalue weighted by Gasteiger charge is 2.22. The second kappa shape index (κ2) is 12.5. The summed E-state index contributed by atoms with van der Waals surface area (Å²) < 4.78 is 5.27. The van der Waals surface area contributed by atoms with Crippen molar-refractivity contribution < 1.29 is 24.3 Å². The van der Waals surface area contributed by atoms with Crippen molar-refractivity contribution in [3.05, 3.63) is 77.8 Å². The first-order valence-electron chi connectivity index (χ1n) is 12.3. The maximum absolute atomic E-state index is 13.4. The molecule has 2 aromatic carbocycles. The third-order valence-electron chi connectivity index (χ3n) is 6.35. The Kier molecular flexibility index (Phi) is 8.73. The van der Waals surface area contributed by atoms with Crippen LogP contribution >= 0.6 is 0 Å². The van der Waals surface area contributed by atoms with Gasteiger partial charge in [0.1, 0.15) is 0 Å². The third-order valence-corrected chi connectivity index (χ3v) is 6.35. The van der Waals surface area contributed by atoms with Gasteiger partial charge in [0, 0.05) is 37.1 Å². The number of hydrogen-bond donors (Lipinski definition) is 6. The number of anilines is 1. The Balaban J connectivity index is 1.59. The van der Waals surface area contributed by atoms with Gasteiger partial charge in [-0.2, -0.15) is 0 Å². The van der Waals surface area contributed by atoms with E-state index in [0.29, 0.717) is 24.6 Å². The predicted molar refractivity (Wildman–Crippen MR) is 141 cm³/mol. The van der Waals surface area contributed by atoms with E-state index in [4.69, 9.17) is 15.7 Å². The van der Waals surface area contributed by atoms with E-state index in [0.717, 1.165) is 35.6 Å². The Morgan fingerprint density at radius 1 is 1.05 bits per heavy atom. The molecule has 0 bridgehead atoms. The van der Waals surface area contributed by atoms with Crippen molar-refractivity contribution in [2.75, 3.05) is 18.5 Å². The van der Waals surface area contributed by atoms with E-state index in [1.54, 1.807) is 12.3 Å². The zero-order valence-corrected chi connectivity index (χ0v) is 20.7. The summed E-state index contributed by atoms with van der Waals surface area (Å²) in [4.78, 5) is 42.0. The van der Waals surface area contributed by atoms with Crippen LogP contribution in [0.15, 0.2) is 60.9 Å². The van der Waals surface area contributed by atoms with Crippen LogP contribution in [0, 0.1) is 5.92 Å². The summed E-state index contributed by atoms with van der Waals surface area (Å²) in [6, 6.07) is 14.1. The van der Waals surface area contributed by atoms with Crippen LogP contribution in [-0.2, 0) is 11.3 Å². The minimum Gasteiger partial charge on any atom is -0.467 e. The second-order valence-electron chi connectivity index (χ2n) is 8.89. The number of hydrogen-bond acceptors (Lipinski definition) is 8.